The molecule has 2 aliphatic rings. The number of ether oxygens (including phenoxy) is 1. The van der Waals surface area contributed by atoms with Crippen molar-refractivity contribution in [2.75, 3.05) is 33.3 Å². The molecule has 0 aromatic heterocycles. The molecule has 0 bridgehead atoms. The lowest BCUT2D eigenvalue weighted by atomic mass is 9.86. The van der Waals surface area contributed by atoms with Crippen LogP contribution in [0.3, 0.4) is 0 Å². The molecule has 0 spiro atoms. The Morgan fingerprint density at radius 2 is 2.04 bits per heavy atom. The number of urea groups is 1. The molecule has 7 heteroatoms. The molecule has 3 rings (SSSR count). The molecule has 2 fully saturated rings. The Balaban J connectivity index is 1.57. The van der Waals surface area contributed by atoms with E-state index < -0.39 is 0 Å². The van der Waals surface area contributed by atoms with Crippen LogP contribution in [0.2, 0.25) is 0 Å². The van der Waals surface area contributed by atoms with Gasteiger partial charge in [0.1, 0.15) is 5.75 Å². The Morgan fingerprint density at radius 1 is 1.25 bits per heavy atom. The predicted octanol–water partition coefficient (Wildman–Crippen LogP) is 2.05. The van der Waals surface area contributed by atoms with E-state index in [2.05, 4.69) is 27.8 Å². The molecule has 1 saturated carbocycles. The van der Waals surface area contributed by atoms with Crippen LogP contribution in [0.25, 0.3) is 0 Å². The third-order valence-corrected chi connectivity index (χ3v) is 5.88. The zero-order valence-electron chi connectivity index (χ0n) is 16.9. The van der Waals surface area contributed by atoms with Gasteiger partial charge in [0.25, 0.3) is 0 Å². The topological polar surface area (TPSA) is 82.7 Å². The van der Waals surface area contributed by atoms with Gasteiger partial charge in [0.2, 0.25) is 5.91 Å². The smallest absolute Gasteiger partial charge is 0.321 e. The maximum absolute atomic E-state index is 12.5. The molecule has 1 aromatic rings. The van der Waals surface area contributed by atoms with Crippen molar-refractivity contribution in [1.82, 2.24) is 20.9 Å². The first-order valence-corrected chi connectivity index (χ1v) is 10.3. The van der Waals surface area contributed by atoms with Gasteiger partial charge in [-0.3, -0.25) is 15.0 Å². The van der Waals surface area contributed by atoms with Gasteiger partial charge in [-0.1, -0.05) is 38.0 Å². The molecule has 28 heavy (non-hydrogen) atoms. The van der Waals surface area contributed by atoms with E-state index in [1.54, 1.807) is 7.11 Å². The Bertz CT molecular complexity index is 681. The summed E-state index contributed by atoms with van der Waals surface area (Å²) in [6.07, 6.45) is 4.45. The minimum Gasteiger partial charge on any atom is -0.496 e. The molecule has 1 aliphatic heterocycles. The van der Waals surface area contributed by atoms with E-state index in [0.29, 0.717) is 5.92 Å². The number of rotatable bonds is 5. The molecule has 0 radical (unpaired) electrons. The SMILES string of the molecule is COc1ccccc1C1CNCCN1CC(=O)NC(=O)NC1CCCCC1C. The highest BCUT2D eigenvalue weighted by Crippen LogP contribution is 2.29. The van der Waals surface area contributed by atoms with Crippen molar-refractivity contribution in [3.8, 4) is 5.75 Å². The minimum atomic E-state index is -0.382. The summed E-state index contributed by atoms with van der Waals surface area (Å²) in [4.78, 5) is 26.9. The molecular weight excluding hydrogens is 356 g/mol. The first-order valence-electron chi connectivity index (χ1n) is 10.3. The van der Waals surface area contributed by atoms with Gasteiger partial charge in [0, 0.05) is 31.2 Å². The second-order valence-electron chi connectivity index (χ2n) is 7.82. The second-order valence-corrected chi connectivity index (χ2v) is 7.82. The summed E-state index contributed by atoms with van der Waals surface area (Å²) >= 11 is 0. The Morgan fingerprint density at radius 3 is 2.82 bits per heavy atom. The van der Waals surface area contributed by atoms with Crippen molar-refractivity contribution < 1.29 is 14.3 Å². The molecule has 3 amide bonds. The number of nitrogens with zero attached hydrogens (tertiary/aromatic N) is 1. The van der Waals surface area contributed by atoms with Crippen LogP contribution < -0.4 is 20.7 Å². The summed E-state index contributed by atoms with van der Waals surface area (Å²) in [5, 5.41) is 8.87. The number of methoxy groups -OCH3 is 1. The van der Waals surface area contributed by atoms with E-state index in [4.69, 9.17) is 4.74 Å². The Kier molecular flexibility index (Phi) is 7.28. The molecule has 1 aliphatic carbocycles. The fourth-order valence-electron chi connectivity index (χ4n) is 4.27. The minimum absolute atomic E-state index is 0.0251. The third kappa shape index (κ3) is 5.23. The van der Waals surface area contributed by atoms with E-state index in [0.717, 1.165) is 50.2 Å². The van der Waals surface area contributed by atoms with Gasteiger partial charge >= 0.3 is 6.03 Å². The van der Waals surface area contributed by atoms with Gasteiger partial charge in [-0.05, 0) is 24.8 Å². The lowest BCUT2D eigenvalue weighted by Gasteiger charge is -2.36. The highest BCUT2D eigenvalue weighted by atomic mass is 16.5. The third-order valence-electron chi connectivity index (χ3n) is 5.88. The predicted molar refractivity (Wildman–Crippen MR) is 108 cm³/mol. The number of para-hydroxylation sites is 1. The van der Waals surface area contributed by atoms with Gasteiger partial charge in [-0.25, -0.2) is 4.79 Å². The lowest BCUT2D eigenvalue weighted by molar-refractivity contribution is -0.122. The maximum Gasteiger partial charge on any atom is 0.321 e. The van der Waals surface area contributed by atoms with Gasteiger partial charge in [-0.2, -0.15) is 0 Å². The molecule has 154 valence electrons. The van der Waals surface area contributed by atoms with Crippen molar-refractivity contribution >= 4 is 11.9 Å². The van der Waals surface area contributed by atoms with Crippen LogP contribution in [0.1, 0.15) is 44.2 Å². The van der Waals surface area contributed by atoms with Gasteiger partial charge < -0.3 is 15.4 Å². The van der Waals surface area contributed by atoms with E-state index in [1.165, 1.54) is 6.42 Å². The number of hydrogen-bond acceptors (Lipinski definition) is 5. The molecule has 1 aromatic carbocycles. The average molecular weight is 389 g/mol. The molecule has 7 nitrogen and oxygen atoms in total. The van der Waals surface area contributed by atoms with Crippen molar-refractivity contribution in [1.29, 1.82) is 0 Å². The summed E-state index contributed by atoms with van der Waals surface area (Å²) in [6.45, 7) is 4.62. The fourth-order valence-corrected chi connectivity index (χ4v) is 4.27. The highest BCUT2D eigenvalue weighted by Gasteiger charge is 2.28. The highest BCUT2D eigenvalue weighted by molar-refractivity contribution is 5.95. The summed E-state index contributed by atoms with van der Waals surface area (Å²) in [5.74, 6) is 0.992. The zero-order valence-corrected chi connectivity index (χ0v) is 16.9. The summed E-state index contributed by atoms with van der Waals surface area (Å²) in [6, 6.07) is 7.67. The fraction of sp³-hybridized carbons (Fsp3) is 0.619. The molecule has 1 saturated heterocycles. The molecule has 3 unspecified atom stereocenters. The van der Waals surface area contributed by atoms with Crippen molar-refractivity contribution in [3.63, 3.8) is 0 Å². The number of piperazine rings is 1. The molecular formula is C21H32N4O3. The van der Waals surface area contributed by atoms with Crippen molar-refractivity contribution in [2.45, 2.75) is 44.7 Å². The van der Waals surface area contributed by atoms with Crippen LogP contribution in [-0.4, -0.2) is 56.2 Å². The van der Waals surface area contributed by atoms with E-state index in [1.807, 2.05) is 24.3 Å². The van der Waals surface area contributed by atoms with Crippen LogP contribution in [0.5, 0.6) is 5.75 Å². The number of carbonyl (C=O) groups excluding carboxylic acids is 2. The summed E-state index contributed by atoms with van der Waals surface area (Å²) in [7, 11) is 1.66. The van der Waals surface area contributed by atoms with E-state index in [-0.39, 0.29) is 30.6 Å². The quantitative estimate of drug-likeness (QED) is 0.719. The monoisotopic (exact) mass is 388 g/mol. The summed E-state index contributed by atoms with van der Waals surface area (Å²) < 4.78 is 5.49. The lowest BCUT2D eigenvalue weighted by Crippen LogP contribution is -2.53. The number of nitrogens with one attached hydrogen (secondary N) is 3. The molecule has 1 heterocycles. The Labute approximate surface area is 167 Å². The standard InChI is InChI=1S/C21H32N4O3/c1-15-7-3-5-9-17(15)23-21(27)24-20(26)14-25-12-11-22-13-18(25)16-8-4-6-10-19(16)28-2/h4,6,8,10,15,17-18,22H,3,5,7,9,11-14H2,1-2H3,(H2,23,24,26,27). The van der Waals surface area contributed by atoms with E-state index in [9.17, 15) is 9.59 Å². The number of amides is 3. The first kappa shape index (κ1) is 20.6. The van der Waals surface area contributed by atoms with Crippen LogP contribution in [-0.2, 0) is 4.79 Å². The maximum atomic E-state index is 12.5. The normalized spacial score (nSPS) is 25.7. The zero-order chi connectivity index (χ0) is 19.9. The summed E-state index contributed by atoms with van der Waals surface area (Å²) in [5.41, 5.74) is 1.05. The van der Waals surface area contributed by atoms with Crippen molar-refractivity contribution in [3.05, 3.63) is 29.8 Å². The van der Waals surface area contributed by atoms with Crippen LogP contribution in [0, 0.1) is 5.92 Å². The molecule has 3 N–H and O–H groups in total. The second kappa shape index (κ2) is 9.89. The van der Waals surface area contributed by atoms with Gasteiger partial charge in [0.05, 0.1) is 19.7 Å². The number of carbonyl (C=O) groups is 2. The largest absolute Gasteiger partial charge is 0.496 e. The van der Waals surface area contributed by atoms with E-state index >= 15 is 0 Å². The van der Waals surface area contributed by atoms with Gasteiger partial charge in [0.15, 0.2) is 0 Å². The van der Waals surface area contributed by atoms with Crippen molar-refractivity contribution in [2.24, 2.45) is 5.92 Å². The number of benzene rings is 1. The van der Waals surface area contributed by atoms with Gasteiger partial charge in [-0.15, -0.1) is 0 Å². The molecule has 3 atom stereocenters. The average Bonchev–Trinajstić information content (AvgIpc) is 2.70. The Hall–Kier alpha value is -2.12. The number of hydrogen-bond donors (Lipinski definition) is 3. The number of imide groups is 1. The van der Waals surface area contributed by atoms with Crippen LogP contribution in [0.15, 0.2) is 24.3 Å². The first-order chi connectivity index (χ1) is 13.6. The van der Waals surface area contributed by atoms with Crippen LogP contribution in [0.4, 0.5) is 4.79 Å². The van der Waals surface area contributed by atoms with Crippen LogP contribution >= 0.6 is 0 Å².